The number of carbonyl (C=O) groups is 2. The largest absolute Gasteiger partial charge is 0.351 e. The van der Waals surface area contributed by atoms with Crippen LogP contribution in [-0.2, 0) is 23.4 Å². The fourth-order valence-electron chi connectivity index (χ4n) is 6.44. The Morgan fingerprint density at radius 1 is 0.872 bits per heavy atom. The van der Waals surface area contributed by atoms with Crippen LogP contribution in [0.1, 0.15) is 71.3 Å². The molecular formula is C34H37N3O2. The van der Waals surface area contributed by atoms with Crippen LogP contribution < -0.4 is 5.32 Å². The molecule has 5 heteroatoms. The Morgan fingerprint density at radius 3 is 2.28 bits per heavy atom. The number of carbonyl (C=O) groups excluding carboxylic acids is 2. The molecule has 0 unspecified atom stereocenters. The van der Waals surface area contributed by atoms with E-state index in [0.717, 1.165) is 53.3 Å². The lowest BCUT2D eigenvalue weighted by Crippen LogP contribution is -2.63. The van der Waals surface area contributed by atoms with E-state index in [9.17, 15) is 9.59 Å². The molecule has 4 aromatic rings. The van der Waals surface area contributed by atoms with Crippen molar-refractivity contribution in [1.82, 2.24) is 14.8 Å². The minimum absolute atomic E-state index is 0.0822. The summed E-state index contributed by atoms with van der Waals surface area (Å²) < 4.78 is 2.08. The number of fused-ring (bicyclic) bond motifs is 3. The Bertz CT molecular complexity index is 1500. The van der Waals surface area contributed by atoms with Crippen molar-refractivity contribution in [3.63, 3.8) is 0 Å². The van der Waals surface area contributed by atoms with Crippen LogP contribution >= 0.6 is 0 Å². The number of rotatable bonds is 5. The molecule has 0 saturated heterocycles. The van der Waals surface area contributed by atoms with Crippen molar-refractivity contribution in [2.75, 3.05) is 0 Å². The van der Waals surface area contributed by atoms with Crippen LogP contribution in [0.5, 0.6) is 0 Å². The summed E-state index contributed by atoms with van der Waals surface area (Å²) in [6.45, 7) is 4.85. The Morgan fingerprint density at radius 2 is 1.56 bits per heavy atom. The van der Waals surface area contributed by atoms with Gasteiger partial charge >= 0.3 is 0 Å². The van der Waals surface area contributed by atoms with Crippen molar-refractivity contribution in [1.29, 1.82) is 0 Å². The van der Waals surface area contributed by atoms with Crippen LogP contribution in [0.3, 0.4) is 0 Å². The third-order valence-corrected chi connectivity index (χ3v) is 8.65. The molecule has 1 atom stereocenters. The standard InChI is InChI=1S/C34H37N3O2/c1-24-14-17-26(18-15-24)22-37-32(38)31-21-27-19-16-25(2)20-30(27)36(31)23-34(37,28-10-6-5-7-11-28)33(39)35-29-12-8-3-4-9-13-29/h5-7,10-11,14-21,29H,3-4,8-9,12-13,22-23H2,1-2H3,(H,35,39)/t34-/m0/s1. The zero-order valence-electron chi connectivity index (χ0n) is 23.0. The van der Waals surface area contributed by atoms with Crippen molar-refractivity contribution in [3.8, 4) is 0 Å². The van der Waals surface area contributed by atoms with Gasteiger partial charge in [0.1, 0.15) is 5.69 Å². The van der Waals surface area contributed by atoms with Gasteiger partial charge in [-0.25, -0.2) is 0 Å². The molecule has 1 saturated carbocycles. The van der Waals surface area contributed by atoms with Gasteiger partial charge < -0.3 is 14.8 Å². The molecule has 2 amide bonds. The molecule has 3 aromatic carbocycles. The van der Waals surface area contributed by atoms with Gasteiger partial charge in [-0.3, -0.25) is 9.59 Å². The predicted molar refractivity (Wildman–Crippen MR) is 155 cm³/mol. The van der Waals surface area contributed by atoms with Crippen molar-refractivity contribution in [2.24, 2.45) is 0 Å². The van der Waals surface area contributed by atoms with Gasteiger partial charge in [0.05, 0.1) is 6.54 Å². The van der Waals surface area contributed by atoms with Gasteiger partial charge in [-0.05, 0) is 55.5 Å². The lowest BCUT2D eigenvalue weighted by atomic mass is 9.83. The van der Waals surface area contributed by atoms with Gasteiger partial charge in [-0.1, -0.05) is 98.0 Å². The van der Waals surface area contributed by atoms with Crippen LogP contribution in [-0.4, -0.2) is 27.3 Å². The molecule has 2 aliphatic rings. The van der Waals surface area contributed by atoms with E-state index in [-0.39, 0.29) is 17.9 Å². The molecule has 1 aromatic heterocycles. The maximum Gasteiger partial charge on any atom is 0.272 e. The average Bonchev–Trinajstić information content (AvgIpc) is 3.10. The lowest BCUT2D eigenvalue weighted by Gasteiger charge is -2.47. The molecule has 1 fully saturated rings. The number of nitrogens with one attached hydrogen (secondary N) is 1. The summed E-state index contributed by atoms with van der Waals surface area (Å²) in [6.07, 6.45) is 6.65. The lowest BCUT2D eigenvalue weighted by molar-refractivity contribution is -0.136. The molecule has 0 bridgehead atoms. The van der Waals surface area contributed by atoms with Crippen LogP contribution in [0.4, 0.5) is 0 Å². The van der Waals surface area contributed by atoms with Crippen molar-refractivity contribution < 1.29 is 9.59 Å². The van der Waals surface area contributed by atoms with E-state index in [2.05, 4.69) is 66.2 Å². The Kier molecular flexibility index (Phi) is 6.76. The first-order chi connectivity index (χ1) is 19.0. The monoisotopic (exact) mass is 519 g/mol. The third-order valence-electron chi connectivity index (χ3n) is 8.65. The van der Waals surface area contributed by atoms with E-state index in [1.165, 1.54) is 18.4 Å². The molecule has 2 heterocycles. The Labute approximate surface area is 230 Å². The average molecular weight is 520 g/mol. The van der Waals surface area contributed by atoms with Crippen LogP contribution in [0.25, 0.3) is 10.9 Å². The highest BCUT2D eigenvalue weighted by Crippen LogP contribution is 2.40. The number of benzene rings is 3. The summed E-state index contributed by atoms with van der Waals surface area (Å²) >= 11 is 0. The quantitative estimate of drug-likeness (QED) is 0.300. The van der Waals surface area contributed by atoms with Gasteiger partial charge in [0.2, 0.25) is 0 Å². The van der Waals surface area contributed by atoms with Crippen LogP contribution in [0.2, 0.25) is 0 Å². The molecular weight excluding hydrogens is 482 g/mol. The predicted octanol–water partition coefficient (Wildman–Crippen LogP) is 6.65. The maximum absolute atomic E-state index is 14.7. The highest BCUT2D eigenvalue weighted by Gasteiger charge is 2.52. The first kappa shape index (κ1) is 25.4. The second kappa shape index (κ2) is 10.4. The second-order valence-electron chi connectivity index (χ2n) is 11.4. The highest BCUT2D eigenvalue weighted by molar-refractivity contribution is 6.04. The first-order valence-corrected chi connectivity index (χ1v) is 14.3. The smallest absolute Gasteiger partial charge is 0.272 e. The number of amides is 2. The zero-order valence-corrected chi connectivity index (χ0v) is 23.0. The second-order valence-corrected chi connectivity index (χ2v) is 11.4. The molecule has 0 radical (unpaired) electrons. The van der Waals surface area contributed by atoms with E-state index in [1.807, 2.05) is 41.3 Å². The van der Waals surface area contributed by atoms with E-state index >= 15 is 0 Å². The minimum atomic E-state index is -1.18. The zero-order chi connectivity index (χ0) is 27.0. The molecule has 5 nitrogen and oxygen atoms in total. The number of hydrogen-bond acceptors (Lipinski definition) is 2. The van der Waals surface area contributed by atoms with Gasteiger partial charge in [0.25, 0.3) is 11.8 Å². The topological polar surface area (TPSA) is 54.3 Å². The third kappa shape index (κ3) is 4.64. The normalized spacial score (nSPS) is 20.1. The molecule has 200 valence electrons. The fourth-order valence-corrected chi connectivity index (χ4v) is 6.44. The summed E-state index contributed by atoms with van der Waals surface area (Å²) in [5, 5.41) is 4.47. The summed E-state index contributed by atoms with van der Waals surface area (Å²) in [5.41, 5.74) is 4.60. The summed E-state index contributed by atoms with van der Waals surface area (Å²) in [6, 6.07) is 26.6. The van der Waals surface area contributed by atoms with E-state index in [1.54, 1.807) is 0 Å². The molecule has 39 heavy (non-hydrogen) atoms. The minimum Gasteiger partial charge on any atom is -0.351 e. The van der Waals surface area contributed by atoms with Crippen molar-refractivity contribution >= 4 is 22.7 Å². The number of aromatic nitrogens is 1. The Balaban J connectivity index is 1.53. The highest BCUT2D eigenvalue weighted by atomic mass is 16.2. The number of nitrogens with zero attached hydrogens (tertiary/aromatic N) is 2. The van der Waals surface area contributed by atoms with Gasteiger partial charge in [-0.2, -0.15) is 0 Å². The van der Waals surface area contributed by atoms with Crippen molar-refractivity contribution in [3.05, 3.63) is 107 Å². The summed E-state index contributed by atoms with van der Waals surface area (Å²) in [4.78, 5) is 31.1. The van der Waals surface area contributed by atoms with Crippen LogP contribution in [0, 0.1) is 13.8 Å². The molecule has 0 spiro atoms. The van der Waals surface area contributed by atoms with Crippen molar-refractivity contribution in [2.45, 2.75) is 77.0 Å². The van der Waals surface area contributed by atoms with E-state index in [0.29, 0.717) is 18.8 Å². The van der Waals surface area contributed by atoms with E-state index < -0.39 is 5.54 Å². The van der Waals surface area contributed by atoms with E-state index in [4.69, 9.17) is 0 Å². The van der Waals surface area contributed by atoms with Crippen LogP contribution in [0.15, 0.2) is 78.9 Å². The molecule has 6 rings (SSSR count). The van der Waals surface area contributed by atoms with Gasteiger partial charge in [-0.15, -0.1) is 0 Å². The molecule has 1 N–H and O–H groups in total. The molecule has 1 aliphatic heterocycles. The van der Waals surface area contributed by atoms with Gasteiger partial charge in [0, 0.05) is 23.5 Å². The molecule has 1 aliphatic carbocycles. The Hall–Kier alpha value is -3.86. The summed E-state index contributed by atoms with van der Waals surface area (Å²) in [7, 11) is 0. The SMILES string of the molecule is Cc1ccc(CN2C(=O)c3cc4ccc(C)cc4n3C[C@@]2(C(=O)NC2CCCCCC2)c2ccccc2)cc1. The number of aryl methyl sites for hydroxylation is 2. The van der Waals surface area contributed by atoms with Gasteiger partial charge in [0.15, 0.2) is 5.54 Å². The number of hydrogen-bond donors (Lipinski definition) is 1. The fraction of sp³-hybridized carbons (Fsp3) is 0.353. The first-order valence-electron chi connectivity index (χ1n) is 14.3. The maximum atomic E-state index is 14.7. The summed E-state index contributed by atoms with van der Waals surface area (Å²) in [5.74, 6) is -0.197.